The Morgan fingerprint density at radius 3 is 2.10 bits per heavy atom. The molecule has 0 saturated carbocycles. The van der Waals surface area contributed by atoms with Gasteiger partial charge in [0.05, 0.1) is 25.5 Å². The number of rotatable bonds is 11. The summed E-state index contributed by atoms with van der Waals surface area (Å²) in [6.07, 6.45) is -0.788. The van der Waals surface area contributed by atoms with E-state index in [4.69, 9.17) is 16.6 Å². The molecule has 0 aromatic heterocycles. The first-order chi connectivity index (χ1) is 14.0. The number of nitrogens with one attached hydrogen (secondary N) is 2. The van der Waals surface area contributed by atoms with E-state index in [1.165, 1.54) is 0 Å². The van der Waals surface area contributed by atoms with Crippen LogP contribution in [0, 0.1) is 0 Å². The molecule has 1 rings (SSSR count). The minimum Gasteiger partial charge on any atom is -0.481 e. The molecule has 0 spiro atoms. The second-order valence-electron chi connectivity index (χ2n) is 6.71. The number of primary amides is 1. The van der Waals surface area contributed by atoms with Gasteiger partial charge in [0, 0.05) is 6.54 Å². The minimum absolute atomic E-state index is 0.0733. The third-order valence-electron chi connectivity index (χ3n) is 4.39. The highest BCUT2D eigenvalue weighted by atomic mass is 16.4. The van der Waals surface area contributed by atoms with Gasteiger partial charge >= 0.3 is 11.9 Å². The van der Waals surface area contributed by atoms with Gasteiger partial charge in [-0.15, -0.1) is 0 Å². The van der Waals surface area contributed by atoms with Gasteiger partial charge in [0.2, 0.25) is 23.6 Å². The van der Waals surface area contributed by atoms with Crippen LogP contribution in [0.15, 0.2) is 0 Å². The van der Waals surface area contributed by atoms with Gasteiger partial charge in [-0.25, -0.2) is 4.79 Å². The van der Waals surface area contributed by atoms with Gasteiger partial charge in [0.25, 0.3) is 0 Å². The molecule has 1 heterocycles. The topological polar surface area (TPSA) is 242 Å². The smallest absolute Gasteiger partial charge is 0.326 e. The average molecular weight is 431 g/mol. The van der Waals surface area contributed by atoms with E-state index in [9.17, 15) is 39.0 Å². The molecule has 9 N–H and O–H groups in total. The lowest BCUT2D eigenvalue weighted by Crippen LogP contribution is -2.58. The first-order valence-electron chi connectivity index (χ1n) is 8.98. The van der Waals surface area contributed by atoms with E-state index >= 15 is 0 Å². The van der Waals surface area contributed by atoms with Gasteiger partial charge in [-0.2, -0.15) is 0 Å². The number of amides is 4. The molecule has 0 radical (unpaired) electrons. The Morgan fingerprint density at radius 1 is 1.00 bits per heavy atom. The molecule has 1 saturated heterocycles. The third kappa shape index (κ3) is 6.97. The summed E-state index contributed by atoms with van der Waals surface area (Å²) >= 11 is 0. The van der Waals surface area contributed by atoms with Crippen molar-refractivity contribution in [1.29, 1.82) is 0 Å². The molecule has 30 heavy (non-hydrogen) atoms. The summed E-state index contributed by atoms with van der Waals surface area (Å²) in [5.41, 5.74) is 10.4. The Hall–Kier alpha value is -3.26. The Bertz CT molecular complexity index is 713. The second-order valence-corrected chi connectivity index (χ2v) is 6.71. The van der Waals surface area contributed by atoms with E-state index in [0.717, 1.165) is 4.90 Å². The van der Waals surface area contributed by atoms with Gasteiger partial charge < -0.3 is 42.3 Å². The van der Waals surface area contributed by atoms with Crippen LogP contribution in [0.5, 0.6) is 0 Å². The molecule has 0 aromatic rings. The van der Waals surface area contributed by atoms with Gasteiger partial charge in [0.15, 0.2) is 0 Å². The zero-order chi connectivity index (χ0) is 23.0. The zero-order valence-corrected chi connectivity index (χ0v) is 15.9. The number of likely N-dealkylation sites (tertiary alicyclic amines) is 1. The van der Waals surface area contributed by atoms with Crippen molar-refractivity contribution in [1.82, 2.24) is 15.5 Å². The number of aliphatic hydroxyl groups is 1. The van der Waals surface area contributed by atoms with Crippen molar-refractivity contribution in [2.75, 3.05) is 13.2 Å². The predicted molar refractivity (Wildman–Crippen MR) is 97.4 cm³/mol. The molecule has 0 aliphatic carbocycles. The van der Waals surface area contributed by atoms with Crippen molar-refractivity contribution in [3.05, 3.63) is 0 Å². The molecule has 1 aliphatic rings. The molecular formula is C16H25N5O9. The fourth-order valence-electron chi connectivity index (χ4n) is 2.92. The van der Waals surface area contributed by atoms with Crippen LogP contribution in [0.25, 0.3) is 0 Å². The molecule has 14 nitrogen and oxygen atoms in total. The largest absolute Gasteiger partial charge is 0.481 e. The van der Waals surface area contributed by atoms with Crippen molar-refractivity contribution in [3.63, 3.8) is 0 Å². The van der Waals surface area contributed by atoms with Gasteiger partial charge in [-0.3, -0.25) is 24.0 Å². The Balaban J connectivity index is 2.89. The van der Waals surface area contributed by atoms with Crippen molar-refractivity contribution in [2.45, 2.75) is 49.9 Å². The van der Waals surface area contributed by atoms with Crippen molar-refractivity contribution in [3.8, 4) is 0 Å². The number of aliphatic carboxylic acids is 2. The first kappa shape index (κ1) is 24.8. The van der Waals surface area contributed by atoms with E-state index in [1.807, 2.05) is 0 Å². The van der Waals surface area contributed by atoms with Gasteiger partial charge in [-0.1, -0.05) is 0 Å². The van der Waals surface area contributed by atoms with E-state index in [2.05, 4.69) is 10.6 Å². The number of carbonyl (C=O) groups excluding carboxylic acids is 4. The lowest BCUT2D eigenvalue weighted by atomic mass is 10.1. The lowest BCUT2D eigenvalue weighted by molar-refractivity contribution is -0.150. The maximum Gasteiger partial charge on any atom is 0.326 e. The lowest BCUT2D eigenvalue weighted by Gasteiger charge is -2.27. The molecule has 168 valence electrons. The molecule has 1 fully saturated rings. The zero-order valence-electron chi connectivity index (χ0n) is 15.9. The Labute approximate surface area is 170 Å². The SMILES string of the molecule is NC(=O)CC(N)C(=O)NC(CO)C(=O)NC(CC(=O)O)C(=O)N1CCCC1C(=O)O. The highest BCUT2D eigenvalue weighted by Gasteiger charge is 2.39. The molecule has 4 unspecified atom stereocenters. The third-order valence-corrected chi connectivity index (χ3v) is 4.39. The summed E-state index contributed by atoms with van der Waals surface area (Å²) in [4.78, 5) is 71.1. The number of carboxylic acid groups (broad SMARTS) is 2. The van der Waals surface area contributed by atoms with Crippen molar-refractivity contribution < 1.29 is 44.1 Å². The molecule has 4 atom stereocenters. The van der Waals surface area contributed by atoms with Crippen LogP contribution in [-0.4, -0.2) is 93.1 Å². The minimum atomic E-state index is -1.62. The van der Waals surface area contributed by atoms with Crippen molar-refractivity contribution >= 4 is 35.6 Å². The Kier molecular flexibility index (Phi) is 9.14. The molecule has 1 aliphatic heterocycles. The standard InChI is InChI=1S/C16H25N5O9/c17-7(4-11(18)23)13(26)20-9(6-22)14(27)19-8(5-12(24)25)15(28)21-3-1-2-10(21)16(29)30/h7-10,22H,1-6,17H2,(H2,18,23)(H,19,27)(H,20,26)(H,24,25)(H,29,30). The van der Waals surface area contributed by atoms with Crippen LogP contribution >= 0.6 is 0 Å². The van der Waals surface area contributed by atoms with Gasteiger partial charge in [0.1, 0.15) is 18.1 Å². The van der Waals surface area contributed by atoms with Crippen LogP contribution < -0.4 is 22.1 Å². The maximum atomic E-state index is 12.7. The fraction of sp³-hybridized carbons (Fsp3) is 0.625. The highest BCUT2D eigenvalue weighted by molar-refractivity contribution is 5.96. The molecular weight excluding hydrogens is 406 g/mol. The first-order valence-corrected chi connectivity index (χ1v) is 8.98. The van der Waals surface area contributed by atoms with Crippen LogP contribution in [-0.2, 0) is 28.8 Å². The number of nitrogens with two attached hydrogens (primary N) is 2. The molecule has 0 bridgehead atoms. The fourth-order valence-corrected chi connectivity index (χ4v) is 2.92. The number of carboxylic acids is 2. The number of hydrogen-bond donors (Lipinski definition) is 7. The summed E-state index contributed by atoms with van der Waals surface area (Å²) in [6.45, 7) is -0.847. The number of carbonyl (C=O) groups is 6. The average Bonchev–Trinajstić information content (AvgIpc) is 3.13. The monoisotopic (exact) mass is 431 g/mol. The van der Waals surface area contributed by atoms with E-state index < -0.39 is 79.2 Å². The summed E-state index contributed by atoms with van der Waals surface area (Å²) in [7, 11) is 0. The predicted octanol–water partition coefficient (Wildman–Crippen LogP) is -4.30. The van der Waals surface area contributed by atoms with E-state index in [0.29, 0.717) is 6.42 Å². The highest BCUT2D eigenvalue weighted by Crippen LogP contribution is 2.19. The summed E-state index contributed by atoms with van der Waals surface area (Å²) < 4.78 is 0. The molecule has 0 aromatic carbocycles. The maximum absolute atomic E-state index is 12.7. The molecule has 4 amide bonds. The van der Waals surface area contributed by atoms with Crippen LogP contribution in [0.4, 0.5) is 0 Å². The van der Waals surface area contributed by atoms with E-state index in [-0.39, 0.29) is 13.0 Å². The molecule has 14 heteroatoms. The summed E-state index contributed by atoms with van der Waals surface area (Å²) in [5.74, 6) is -6.55. The Morgan fingerprint density at radius 2 is 1.60 bits per heavy atom. The summed E-state index contributed by atoms with van der Waals surface area (Å²) in [6, 6.07) is -5.76. The van der Waals surface area contributed by atoms with Gasteiger partial charge in [-0.05, 0) is 12.8 Å². The van der Waals surface area contributed by atoms with Crippen molar-refractivity contribution in [2.24, 2.45) is 11.5 Å². The quantitative estimate of drug-likeness (QED) is 0.166. The van der Waals surface area contributed by atoms with Crippen LogP contribution in [0.2, 0.25) is 0 Å². The second kappa shape index (κ2) is 11.1. The number of aliphatic hydroxyl groups excluding tert-OH is 1. The normalized spacial score (nSPS) is 18.7. The van der Waals surface area contributed by atoms with Crippen LogP contribution in [0.3, 0.4) is 0 Å². The number of nitrogens with zero attached hydrogens (tertiary/aromatic N) is 1. The van der Waals surface area contributed by atoms with Crippen LogP contribution in [0.1, 0.15) is 25.7 Å². The summed E-state index contributed by atoms with van der Waals surface area (Å²) in [5, 5.41) is 31.8. The van der Waals surface area contributed by atoms with E-state index in [1.54, 1.807) is 0 Å². The number of hydrogen-bond acceptors (Lipinski definition) is 8.